The van der Waals surface area contributed by atoms with Crippen molar-refractivity contribution in [3.8, 4) is 6.07 Å². The van der Waals surface area contributed by atoms with Crippen molar-refractivity contribution in [1.82, 2.24) is 10.2 Å². The summed E-state index contributed by atoms with van der Waals surface area (Å²) >= 11 is 0. The predicted molar refractivity (Wildman–Crippen MR) is 60.5 cm³/mol. The molecule has 2 aliphatic rings. The second kappa shape index (κ2) is 3.74. The second-order valence-corrected chi connectivity index (χ2v) is 5.99. The molecule has 88 valence electrons. The quantitative estimate of drug-likeness (QED) is 0.711. The van der Waals surface area contributed by atoms with Crippen molar-refractivity contribution in [3.05, 3.63) is 0 Å². The van der Waals surface area contributed by atoms with E-state index in [4.69, 9.17) is 5.26 Å². The molecule has 0 spiro atoms. The third kappa shape index (κ3) is 2.05. The molecule has 1 amide bonds. The first kappa shape index (κ1) is 11.4. The molecular weight excluding hydrogens is 202 g/mol. The number of hydrogen-bond donors (Lipinski definition) is 1. The highest BCUT2D eigenvalue weighted by atomic mass is 16.2. The summed E-state index contributed by atoms with van der Waals surface area (Å²) in [5, 5.41) is 12.0. The van der Waals surface area contributed by atoms with Crippen molar-refractivity contribution >= 4 is 5.91 Å². The molecule has 2 rings (SSSR count). The lowest BCUT2D eigenvalue weighted by atomic mass is 9.66. The molecular formula is C12H19N3O. The van der Waals surface area contributed by atoms with Crippen molar-refractivity contribution in [2.24, 2.45) is 10.8 Å². The minimum absolute atomic E-state index is 0.0125. The van der Waals surface area contributed by atoms with Gasteiger partial charge in [0, 0.05) is 26.2 Å². The first-order valence-corrected chi connectivity index (χ1v) is 5.82. The van der Waals surface area contributed by atoms with Gasteiger partial charge >= 0.3 is 0 Å². The molecule has 0 radical (unpaired) electrons. The van der Waals surface area contributed by atoms with Gasteiger partial charge in [0.05, 0.1) is 6.07 Å². The van der Waals surface area contributed by atoms with Gasteiger partial charge in [-0.15, -0.1) is 0 Å². The first-order chi connectivity index (χ1) is 7.46. The zero-order valence-corrected chi connectivity index (χ0v) is 10.0. The highest BCUT2D eigenvalue weighted by Gasteiger charge is 2.46. The maximum absolute atomic E-state index is 11.8. The molecule has 2 aliphatic heterocycles. The van der Waals surface area contributed by atoms with E-state index in [-0.39, 0.29) is 23.2 Å². The average molecular weight is 221 g/mol. The summed E-state index contributed by atoms with van der Waals surface area (Å²) < 4.78 is 0. The van der Waals surface area contributed by atoms with Gasteiger partial charge in [0.2, 0.25) is 5.91 Å². The number of nitrogens with zero attached hydrogens (tertiary/aromatic N) is 2. The molecule has 2 bridgehead atoms. The maximum Gasteiger partial charge on any atom is 0.236 e. The number of rotatable bonds is 1. The fourth-order valence-electron chi connectivity index (χ4n) is 3.38. The Labute approximate surface area is 96.6 Å². The van der Waals surface area contributed by atoms with Gasteiger partial charge in [-0.2, -0.15) is 5.26 Å². The molecule has 16 heavy (non-hydrogen) atoms. The zero-order valence-electron chi connectivity index (χ0n) is 10.0. The smallest absolute Gasteiger partial charge is 0.236 e. The molecule has 2 atom stereocenters. The molecule has 2 fully saturated rings. The largest absolute Gasteiger partial charge is 0.341 e. The lowest BCUT2D eigenvalue weighted by Gasteiger charge is -2.53. The van der Waals surface area contributed by atoms with E-state index in [1.54, 1.807) is 0 Å². The SMILES string of the molecule is C[C@]12CNC[C@](C)(CN(C(=O)CC#N)C1)C2. The molecule has 4 nitrogen and oxygen atoms in total. The third-order valence-electron chi connectivity index (χ3n) is 3.69. The summed E-state index contributed by atoms with van der Waals surface area (Å²) in [6.45, 7) is 7.97. The lowest BCUT2D eigenvalue weighted by molar-refractivity contribution is -0.139. The summed E-state index contributed by atoms with van der Waals surface area (Å²) in [7, 11) is 0. The van der Waals surface area contributed by atoms with Crippen LogP contribution in [0, 0.1) is 22.2 Å². The van der Waals surface area contributed by atoms with Crippen molar-refractivity contribution in [1.29, 1.82) is 5.26 Å². The van der Waals surface area contributed by atoms with Gasteiger partial charge in [-0.1, -0.05) is 13.8 Å². The van der Waals surface area contributed by atoms with E-state index in [0.717, 1.165) is 26.2 Å². The predicted octanol–water partition coefficient (Wildman–Crippen LogP) is 0.748. The van der Waals surface area contributed by atoms with Gasteiger partial charge in [0.1, 0.15) is 6.42 Å². The van der Waals surface area contributed by atoms with Crippen molar-refractivity contribution < 1.29 is 4.79 Å². The number of piperidine rings is 2. The molecule has 0 aromatic heterocycles. The molecule has 2 heterocycles. The van der Waals surface area contributed by atoms with Crippen LogP contribution in [0.2, 0.25) is 0 Å². The molecule has 1 N–H and O–H groups in total. The molecule has 0 saturated carbocycles. The van der Waals surface area contributed by atoms with E-state index in [2.05, 4.69) is 19.2 Å². The standard InChI is InChI=1S/C12H19N3O/c1-11-5-12(2,7-14-6-11)9-15(8-11)10(16)3-4-13/h14H,3,5-9H2,1-2H3/t11-,12+. The van der Waals surface area contributed by atoms with Crippen molar-refractivity contribution in [2.45, 2.75) is 26.7 Å². The first-order valence-electron chi connectivity index (χ1n) is 5.82. The minimum Gasteiger partial charge on any atom is -0.341 e. The Morgan fingerprint density at radius 3 is 2.44 bits per heavy atom. The fourth-order valence-corrected chi connectivity index (χ4v) is 3.38. The van der Waals surface area contributed by atoms with Crippen LogP contribution in [0.5, 0.6) is 0 Å². The number of nitrogens with one attached hydrogen (secondary N) is 1. The molecule has 2 saturated heterocycles. The Kier molecular flexibility index (Phi) is 2.67. The van der Waals surface area contributed by atoms with Crippen LogP contribution in [0.15, 0.2) is 0 Å². The topological polar surface area (TPSA) is 56.1 Å². The lowest BCUT2D eigenvalue weighted by Crippen LogP contribution is -2.62. The summed E-state index contributed by atoms with van der Waals surface area (Å²) in [5.41, 5.74) is 0.354. The highest BCUT2D eigenvalue weighted by molar-refractivity contribution is 5.78. The molecule has 0 aromatic rings. The number of carbonyl (C=O) groups excluding carboxylic acids is 1. The van der Waals surface area contributed by atoms with Gasteiger partial charge in [-0.25, -0.2) is 0 Å². The van der Waals surface area contributed by atoms with Gasteiger partial charge in [0.25, 0.3) is 0 Å². The van der Waals surface area contributed by atoms with E-state index in [1.807, 2.05) is 11.0 Å². The van der Waals surface area contributed by atoms with E-state index in [0.29, 0.717) is 0 Å². The number of fused-ring (bicyclic) bond motifs is 2. The number of carbonyl (C=O) groups is 1. The van der Waals surface area contributed by atoms with E-state index >= 15 is 0 Å². The van der Waals surface area contributed by atoms with Gasteiger partial charge < -0.3 is 10.2 Å². The normalized spacial score (nSPS) is 37.9. The highest BCUT2D eigenvalue weighted by Crippen LogP contribution is 2.42. The summed E-state index contributed by atoms with van der Waals surface area (Å²) in [4.78, 5) is 13.7. The second-order valence-electron chi connectivity index (χ2n) is 5.99. The zero-order chi connectivity index (χ0) is 11.8. The molecule has 0 aliphatic carbocycles. The van der Waals surface area contributed by atoms with E-state index in [9.17, 15) is 4.79 Å². The molecule has 4 heteroatoms. The third-order valence-corrected chi connectivity index (χ3v) is 3.69. The van der Waals surface area contributed by atoms with Crippen molar-refractivity contribution in [3.63, 3.8) is 0 Å². The Morgan fingerprint density at radius 1 is 1.38 bits per heavy atom. The van der Waals surface area contributed by atoms with Crippen LogP contribution in [-0.2, 0) is 4.79 Å². The Bertz CT molecular complexity index is 331. The van der Waals surface area contributed by atoms with Crippen LogP contribution in [0.25, 0.3) is 0 Å². The monoisotopic (exact) mass is 221 g/mol. The molecule has 0 aromatic carbocycles. The number of amides is 1. The van der Waals surface area contributed by atoms with E-state index < -0.39 is 0 Å². The molecule has 0 unspecified atom stereocenters. The number of nitriles is 1. The van der Waals surface area contributed by atoms with Gasteiger partial charge in [0.15, 0.2) is 0 Å². The Balaban J connectivity index is 2.14. The van der Waals surface area contributed by atoms with Crippen LogP contribution in [0.3, 0.4) is 0 Å². The van der Waals surface area contributed by atoms with Gasteiger partial charge in [-0.3, -0.25) is 4.79 Å². The van der Waals surface area contributed by atoms with Gasteiger partial charge in [-0.05, 0) is 17.3 Å². The van der Waals surface area contributed by atoms with Crippen LogP contribution in [0.1, 0.15) is 26.7 Å². The van der Waals surface area contributed by atoms with Crippen LogP contribution < -0.4 is 5.32 Å². The van der Waals surface area contributed by atoms with E-state index in [1.165, 1.54) is 6.42 Å². The van der Waals surface area contributed by atoms with Crippen LogP contribution in [-0.4, -0.2) is 37.0 Å². The maximum atomic E-state index is 11.8. The number of likely N-dealkylation sites (tertiary alicyclic amines) is 1. The van der Waals surface area contributed by atoms with Crippen LogP contribution >= 0.6 is 0 Å². The summed E-state index contributed by atoms with van der Waals surface area (Å²) in [6.07, 6.45) is 1.18. The Hall–Kier alpha value is -1.08. The average Bonchev–Trinajstić information content (AvgIpc) is 2.14. The van der Waals surface area contributed by atoms with Crippen molar-refractivity contribution in [2.75, 3.05) is 26.2 Å². The van der Waals surface area contributed by atoms with Crippen LogP contribution in [0.4, 0.5) is 0 Å². The summed E-state index contributed by atoms with van der Waals surface area (Å²) in [6, 6.07) is 1.95. The summed E-state index contributed by atoms with van der Waals surface area (Å²) in [5.74, 6) is -0.0125. The number of hydrogen-bond acceptors (Lipinski definition) is 3. The minimum atomic E-state index is -0.0125. The fraction of sp³-hybridized carbons (Fsp3) is 0.833. The Morgan fingerprint density at radius 2 is 1.94 bits per heavy atom.